The molecule has 0 aliphatic heterocycles. The smallest absolute Gasteiger partial charge is 0.103 e. The third-order valence-corrected chi connectivity index (χ3v) is 3.03. The number of aromatic amines is 1. The van der Waals surface area contributed by atoms with E-state index in [-0.39, 0.29) is 0 Å². The zero-order chi connectivity index (χ0) is 9.97. The minimum Gasteiger partial charge on any atom is -0.345 e. The Labute approximate surface area is 85.3 Å². The predicted octanol–water partition coefficient (Wildman–Crippen LogP) is 2.00. The Balaban J connectivity index is 1.77. The van der Waals surface area contributed by atoms with E-state index in [0.717, 1.165) is 18.3 Å². The Morgan fingerprint density at radius 3 is 3.00 bits per heavy atom. The number of hydrogen-bond acceptors (Lipinski definition) is 2. The van der Waals surface area contributed by atoms with E-state index >= 15 is 0 Å². The standard InChI is InChI=1S/C11H19N3/c1-8-3-4-10(5-8)13-7-11-6-12-9(2)14-11/h6,8,10,13H,3-5,7H2,1-2H3,(H,12,14). The summed E-state index contributed by atoms with van der Waals surface area (Å²) in [5.41, 5.74) is 1.20. The molecule has 0 spiro atoms. The van der Waals surface area contributed by atoms with Gasteiger partial charge >= 0.3 is 0 Å². The molecular formula is C11H19N3. The van der Waals surface area contributed by atoms with E-state index < -0.39 is 0 Å². The van der Waals surface area contributed by atoms with E-state index in [1.807, 2.05) is 13.1 Å². The fourth-order valence-corrected chi connectivity index (χ4v) is 2.21. The molecule has 78 valence electrons. The molecule has 3 heteroatoms. The second kappa shape index (κ2) is 4.13. The van der Waals surface area contributed by atoms with Gasteiger partial charge in [-0.2, -0.15) is 0 Å². The van der Waals surface area contributed by atoms with Crippen LogP contribution in [0.1, 0.15) is 37.7 Å². The van der Waals surface area contributed by atoms with Gasteiger partial charge in [0.05, 0.1) is 0 Å². The first-order chi connectivity index (χ1) is 6.74. The predicted molar refractivity (Wildman–Crippen MR) is 57.0 cm³/mol. The van der Waals surface area contributed by atoms with Crippen molar-refractivity contribution in [2.24, 2.45) is 5.92 Å². The van der Waals surface area contributed by atoms with Gasteiger partial charge in [-0.05, 0) is 32.1 Å². The summed E-state index contributed by atoms with van der Waals surface area (Å²) in [6.07, 6.45) is 5.95. The topological polar surface area (TPSA) is 40.7 Å². The number of aryl methyl sites for hydroxylation is 1. The van der Waals surface area contributed by atoms with Gasteiger partial charge in [-0.1, -0.05) is 6.92 Å². The molecule has 1 heterocycles. The van der Waals surface area contributed by atoms with E-state index in [2.05, 4.69) is 22.2 Å². The highest BCUT2D eigenvalue weighted by molar-refractivity contribution is 4.99. The molecule has 0 saturated heterocycles. The third-order valence-electron chi connectivity index (χ3n) is 3.03. The lowest BCUT2D eigenvalue weighted by Crippen LogP contribution is -2.25. The van der Waals surface area contributed by atoms with E-state index in [9.17, 15) is 0 Å². The Morgan fingerprint density at radius 2 is 2.43 bits per heavy atom. The molecule has 2 rings (SSSR count). The van der Waals surface area contributed by atoms with Crippen LogP contribution < -0.4 is 5.32 Å². The lowest BCUT2D eigenvalue weighted by atomic mass is 10.1. The SMILES string of the molecule is Cc1ncc(CNC2CCC(C)C2)[nH]1. The number of H-pyrrole nitrogens is 1. The molecule has 3 nitrogen and oxygen atoms in total. The van der Waals surface area contributed by atoms with Gasteiger partial charge in [0, 0.05) is 24.5 Å². The Bertz CT molecular complexity index is 292. The fraction of sp³-hybridized carbons (Fsp3) is 0.727. The fourth-order valence-electron chi connectivity index (χ4n) is 2.21. The highest BCUT2D eigenvalue weighted by atomic mass is 15.0. The molecule has 0 bridgehead atoms. The van der Waals surface area contributed by atoms with Gasteiger partial charge in [0.15, 0.2) is 0 Å². The summed E-state index contributed by atoms with van der Waals surface area (Å²) < 4.78 is 0. The summed E-state index contributed by atoms with van der Waals surface area (Å²) in [5, 5.41) is 3.57. The van der Waals surface area contributed by atoms with Crippen LogP contribution in [-0.2, 0) is 6.54 Å². The van der Waals surface area contributed by atoms with Crippen molar-refractivity contribution < 1.29 is 0 Å². The first kappa shape index (κ1) is 9.71. The maximum absolute atomic E-state index is 4.18. The zero-order valence-electron chi connectivity index (χ0n) is 9.01. The molecule has 2 N–H and O–H groups in total. The van der Waals surface area contributed by atoms with Crippen molar-refractivity contribution in [1.29, 1.82) is 0 Å². The molecule has 1 saturated carbocycles. The zero-order valence-corrected chi connectivity index (χ0v) is 9.01. The van der Waals surface area contributed by atoms with Crippen LogP contribution >= 0.6 is 0 Å². The summed E-state index contributed by atoms with van der Waals surface area (Å²) in [5.74, 6) is 1.90. The second-order valence-corrected chi connectivity index (χ2v) is 4.49. The van der Waals surface area contributed by atoms with Crippen LogP contribution in [-0.4, -0.2) is 16.0 Å². The van der Waals surface area contributed by atoms with Crippen LogP contribution in [0.5, 0.6) is 0 Å². The van der Waals surface area contributed by atoms with Crippen molar-refractivity contribution in [3.05, 3.63) is 17.7 Å². The number of hydrogen-bond donors (Lipinski definition) is 2. The van der Waals surface area contributed by atoms with Gasteiger partial charge in [-0.3, -0.25) is 0 Å². The molecule has 1 aliphatic rings. The molecule has 1 aromatic heterocycles. The van der Waals surface area contributed by atoms with Crippen molar-refractivity contribution in [2.45, 2.75) is 45.7 Å². The number of rotatable bonds is 3. The summed E-state index contributed by atoms with van der Waals surface area (Å²) in [6, 6.07) is 0.716. The molecular weight excluding hydrogens is 174 g/mol. The molecule has 1 aliphatic carbocycles. The van der Waals surface area contributed by atoms with Crippen LogP contribution in [0.15, 0.2) is 6.20 Å². The molecule has 1 aromatic rings. The van der Waals surface area contributed by atoms with Gasteiger partial charge in [0.2, 0.25) is 0 Å². The number of nitrogens with one attached hydrogen (secondary N) is 2. The minimum absolute atomic E-state index is 0.716. The van der Waals surface area contributed by atoms with Crippen LogP contribution in [0.3, 0.4) is 0 Å². The maximum Gasteiger partial charge on any atom is 0.103 e. The van der Waals surface area contributed by atoms with Gasteiger partial charge in [-0.25, -0.2) is 4.98 Å². The normalized spacial score (nSPS) is 27.0. The quantitative estimate of drug-likeness (QED) is 0.770. The van der Waals surface area contributed by atoms with Gasteiger partial charge < -0.3 is 10.3 Å². The summed E-state index contributed by atoms with van der Waals surface area (Å²) in [6.45, 7) is 5.25. The molecule has 2 atom stereocenters. The van der Waals surface area contributed by atoms with Gasteiger partial charge in [0.25, 0.3) is 0 Å². The van der Waals surface area contributed by atoms with Crippen molar-refractivity contribution in [3.8, 4) is 0 Å². The Kier molecular flexibility index (Phi) is 2.87. The molecule has 0 aromatic carbocycles. The Morgan fingerprint density at radius 1 is 1.57 bits per heavy atom. The third kappa shape index (κ3) is 2.35. The molecule has 14 heavy (non-hydrogen) atoms. The van der Waals surface area contributed by atoms with E-state index in [1.165, 1.54) is 25.0 Å². The lowest BCUT2D eigenvalue weighted by Gasteiger charge is -2.10. The number of imidazole rings is 1. The molecule has 0 amide bonds. The largest absolute Gasteiger partial charge is 0.345 e. The first-order valence-corrected chi connectivity index (χ1v) is 5.48. The van der Waals surface area contributed by atoms with Crippen molar-refractivity contribution in [1.82, 2.24) is 15.3 Å². The number of nitrogens with zero attached hydrogens (tertiary/aromatic N) is 1. The van der Waals surface area contributed by atoms with Crippen molar-refractivity contribution in [3.63, 3.8) is 0 Å². The molecule has 1 fully saturated rings. The van der Waals surface area contributed by atoms with E-state index in [1.54, 1.807) is 0 Å². The van der Waals surface area contributed by atoms with Crippen molar-refractivity contribution >= 4 is 0 Å². The maximum atomic E-state index is 4.18. The lowest BCUT2D eigenvalue weighted by molar-refractivity contribution is 0.499. The number of aromatic nitrogens is 2. The molecule has 2 unspecified atom stereocenters. The van der Waals surface area contributed by atoms with Gasteiger partial charge in [0.1, 0.15) is 5.82 Å². The Hall–Kier alpha value is -0.830. The molecule has 0 radical (unpaired) electrons. The summed E-state index contributed by atoms with van der Waals surface area (Å²) in [7, 11) is 0. The first-order valence-electron chi connectivity index (χ1n) is 5.48. The average molecular weight is 193 g/mol. The van der Waals surface area contributed by atoms with E-state index in [0.29, 0.717) is 6.04 Å². The minimum atomic E-state index is 0.716. The van der Waals surface area contributed by atoms with E-state index in [4.69, 9.17) is 0 Å². The average Bonchev–Trinajstić information content (AvgIpc) is 2.72. The summed E-state index contributed by atoms with van der Waals surface area (Å²) >= 11 is 0. The monoisotopic (exact) mass is 193 g/mol. The highest BCUT2D eigenvalue weighted by Crippen LogP contribution is 2.24. The van der Waals surface area contributed by atoms with Crippen LogP contribution in [0.2, 0.25) is 0 Å². The van der Waals surface area contributed by atoms with Crippen LogP contribution in [0.4, 0.5) is 0 Å². The van der Waals surface area contributed by atoms with Crippen LogP contribution in [0, 0.1) is 12.8 Å². The second-order valence-electron chi connectivity index (χ2n) is 4.49. The highest BCUT2D eigenvalue weighted by Gasteiger charge is 2.20. The van der Waals surface area contributed by atoms with Gasteiger partial charge in [-0.15, -0.1) is 0 Å². The van der Waals surface area contributed by atoms with Crippen LogP contribution in [0.25, 0.3) is 0 Å². The van der Waals surface area contributed by atoms with Crippen molar-refractivity contribution in [2.75, 3.05) is 0 Å². The summed E-state index contributed by atoms with van der Waals surface area (Å²) in [4.78, 5) is 7.42.